The molecule has 2 aromatic rings. The van der Waals surface area contributed by atoms with Gasteiger partial charge in [0.15, 0.2) is 5.69 Å². The molecular weight excluding hydrogens is 377 g/mol. The summed E-state index contributed by atoms with van der Waals surface area (Å²) in [5, 5.41) is 3.91. The molecule has 0 bridgehead atoms. The fraction of sp³-hybridized carbons (Fsp3) is 0.182. The van der Waals surface area contributed by atoms with Crippen molar-refractivity contribution >= 4 is 31.9 Å². The van der Waals surface area contributed by atoms with E-state index in [4.69, 9.17) is 0 Å². The van der Waals surface area contributed by atoms with E-state index in [0.717, 1.165) is 9.15 Å². The summed E-state index contributed by atoms with van der Waals surface area (Å²) in [6.45, 7) is 0. The molecule has 0 aliphatic rings. The molecule has 1 heterocycles. The van der Waals surface area contributed by atoms with Crippen LogP contribution in [0, 0.1) is 0 Å². The highest BCUT2D eigenvalue weighted by Crippen LogP contribution is 2.34. The van der Waals surface area contributed by atoms with Crippen LogP contribution in [0.5, 0.6) is 0 Å². The van der Waals surface area contributed by atoms with Crippen LogP contribution in [0.1, 0.15) is 11.3 Å². The predicted molar refractivity (Wildman–Crippen MR) is 68.9 cm³/mol. The van der Waals surface area contributed by atoms with Crippen molar-refractivity contribution in [3.63, 3.8) is 0 Å². The van der Waals surface area contributed by atoms with E-state index in [-0.39, 0.29) is 10.9 Å². The van der Waals surface area contributed by atoms with E-state index < -0.39 is 11.9 Å². The van der Waals surface area contributed by atoms with Crippen LogP contribution in [0.3, 0.4) is 0 Å². The molecule has 0 unspecified atom stereocenters. The van der Waals surface area contributed by atoms with E-state index in [9.17, 15) is 13.2 Å². The third-order valence-corrected chi connectivity index (χ3v) is 3.46. The monoisotopic (exact) mass is 382 g/mol. The standard InChI is InChI=1S/C11H7Br2F3N2/c12-5-7-6-17-18(10(7)11(14,15)16)9-3-1-8(13)2-4-9/h1-4,6H,5H2. The lowest BCUT2D eigenvalue weighted by Gasteiger charge is -2.12. The van der Waals surface area contributed by atoms with Gasteiger partial charge in [-0.25, -0.2) is 4.68 Å². The molecular formula is C11H7Br2F3N2. The minimum Gasteiger partial charge on any atom is -0.228 e. The largest absolute Gasteiger partial charge is 0.433 e. The van der Waals surface area contributed by atoms with Gasteiger partial charge in [0.25, 0.3) is 0 Å². The number of hydrogen-bond acceptors (Lipinski definition) is 1. The Morgan fingerprint density at radius 1 is 1.17 bits per heavy atom. The Morgan fingerprint density at radius 2 is 1.78 bits per heavy atom. The average Bonchev–Trinajstić information content (AvgIpc) is 2.73. The fourth-order valence-corrected chi connectivity index (χ4v) is 2.23. The second-order valence-corrected chi connectivity index (χ2v) is 5.01. The molecule has 7 heteroatoms. The Bertz CT molecular complexity index is 546. The van der Waals surface area contributed by atoms with Crippen LogP contribution in [0.2, 0.25) is 0 Å². The number of aromatic nitrogens is 2. The van der Waals surface area contributed by atoms with E-state index in [0.29, 0.717) is 5.69 Å². The first-order valence-corrected chi connectivity index (χ1v) is 6.81. The van der Waals surface area contributed by atoms with Gasteiger partial charge in [0.1, 0.15) is 0 Å². The lowest BCUT2D eigenvalue weighted by Crippen LogP contribution is -2.15. The third-order valence-electron chi connectivity index (χ3n) is 2.33. The van der Waals surface area contributed by atoms with Crippen LogP contribution in [0.25, 0.3) is 5.69 Å². The van der Waals surface area contributed by atoms with Crippen molar-refractivity contribution in [2.45, 2.75) is 11.5 Å². The van der Waals surface area contributed by atoms with Crippen molar-refractivity contribution in [3.8, 4) is 5.69 Å². The Hall–Kier alpha value is -0.820. The summed E-state index contributed by atoms with van der Waals surface area (Å²) in [5.41, 5.74) is -0.259. The summed E-state index contributed by atoms with van der Waals surface area (Å²) in [7, 11) is 0. The first-order valence-electron chi connectivity index (χ1n) is 4.89. The van der Waals surface area contributed by atoms with E-state index in [2.05, 4.69) is 37.0 Å². The van der Waals surface area contributed by atoms with Gasteiger partial charge in [0, 0.05) is 15.4 Å². The average molecular weight is 384 g/mol. The Morgan fingerprint density at radius 3 is 2.28 bits per heavy atom. The minimum atomic E-state index is -4.44. The first kappa shape index (κ1) is 13.6. The minimum absolute atomic E-state index is 0.109. The summed E-state index contributed by atoms with van der Waals surface area (Å²) < 4.78 is 40.7. The molecule has 0 radical (unpaired) electrons. The quantitative estimate of drug-likeness (QED) is 0.695. The molecule has 2 rings (SSSR count). The highest BCUT2D eigenvalue weighted by molar-refractivity contribution is 9.10. The van der Waals surface area contributed by atoms with Crippen molar-refractivity contribution in [1.82, 2.24) is 9.78 Å². The fourth-order valence-electron chi connectivity index (χ4n) is 1.56. The van der Waals surface area contributed by atoms with Gasteiger partial charge in [-0.15, -0.1) is 0 Å². The number of halogens is 5. The highest BCUT2D eigenvalue weighted by Gasteiger charge is 2.38. The molecule has 0 atom stereocenters. The molecule has 2 nitrogen and oxygen atoms in total. The van der Waals surface area contributed by atoms with Crippen LogP contribution in [0.15, 0.2) is 34.9 Å². The second-order valence-electron chi connectivity index (χ2n) is 3.54. The maximum atomic E-state index is 13.0. The number of hydrogen-bond donors (Lipinski definition) is 0. The van der Waals surface area contributed by atoms with Crippen molar-refractivity contribution in [3.05, 3.63) is 46.2 Å². The van der Waals surface area contributed by atoms with Crippen molar-refractivity contribution in [1.29, 1.82) is 0 Å². The molecule has 0 N–H and O–H groups in total. The zero-order valence-corrected chi connectivity index (χ0v) is 12.1. The predicted octanol–water partition coefficient (Wildman–Crippen LogP) is 4.55. The normalized spacial score (nSPS) is 11.8. The summed E-state index contributed by atoms with van der Waals surface area (Å²) in [5.74, 6) is 0. The SMILES string of the molecule is FC(F)(F)c1c(CBr)cnn1-c1ccc(Br)cc1. The van der Waals surface area contributed by atoms with Gasteiger partial charge in [0.2, 0.25) is 0 Å². The van der Waals surface area contributed by atoms with E-state index >= 15 is 0 Å². The van der Waals surface area contributed by atoms with Gasteiger partial charge in [0.05, 0.1) is 11.9 Å². The molecule has 0 fully saturated rings. The van der Waals surface area contributed by atoms with Gasteiger partial charge in [-0.05, 0) is 24.3 Å². The zero-order valence-electron chi connectivity index (χ0n) is 8.88. The molecule has 0 aliphatic carbocycles. The van der Waals surface area contributed by atoms with Crippen LogP contribution >= 0.6 is 31.9 Å². The topological polar surface area (TPSA) is 17.8 Å². The summed E-state index contributed by atoms with van der Waals surface area (Å²) in [4.78, 5) is 0. The molecule has 0 saturated heterocycles. The van der Waals surface area contributed by atoms with Crippen LogP contribution < -0.4 is 0 Å². The van der Waals surface area contributed by atoms with Crippen molar-refractivity contribution in [2.75, 3.05) is 0 Å². The maximum Gasteiger partial charge on any atom is 0.433 e. The Balaban J connectivity index is 2.58. The summed E-state index contributed by atoms with van der Waals surface area (Å²) in [6, 6.07) is 6.49. The van der Waals surface area contributed by atoms with Crippen LogP contribution in [-0.4, -0.2) is 9.78 Å². The summed E-state index contributed by atoms with van der Waals surface area (Å²) in [6.07, 6.45) is -3.22. The smallest absolute Gasteiger partial charge is 0.228 e. The van der Waals surface area contributed by atoms with Crippen LogP contribution in [0.4, 0.5) is 13.2 Å². The first-order chi connectivity index (χ1) is 8.43. The number of alkyl halides is 4. The van der Waals surface area contributed by atoms with Crippen molar-refractivity contribution in [2.24, 2.45) is 0 Å². The van der Waals surface area contributed by atoms with Gasteiger partial charge < -0.3 is 0 Å². The van der Waals surface area contributed by atoms with E-state index in [1.807, 2.05) is 0 Å². The molecule has 1 aromatic carbocycles. The van der Waals surface area contributed by atoms with E-state index in [1.54, 1.807) is 24.3 Å². The number of nitrogens with zero attached hydrogens (tertiary/aromatic N) is 2. The van der Waals surface area contributed by atoms with Crippen LogP contribution in [-0.2, 0) is 11.5 Å². The number of rotatable bonds is 2. The molecule has 96 valence electrons. The summed E-state index contributed by atoms with van der Waals surface area (Å²) >= 11 is 6.27. The van der Waals surface area contributed by atoms with Gasteiger partial charge in [-0.3, -0.25) is 0 Å². The van der Waals surface area contributed by atoms with Gasteiger partial charge >= 0.3 is 6.18 Å². The number of benzene rings is 1. The third kappa shape index (κ3) is 2.61. The second kappa shape index (κ2) is 5.05. The Labute approximate surface area is 118 Å². The van der Waals surface area contributed by atoms with Crippen molar-refractivity contribution < 1.29 is 13.2 Å². The molecule has 1 aromatic heterocycles. The zero-order chi connectivity index (χ0) is 13.3. The highest BCUT2D eigenvalue weighted by atomic mass is 79.9. The lowest BCUT2D eigenvalue weighted by molar-refractivity contribution is -0.143. The van der Waals surface area contributed by atoms with Gasteiger partial charge in [-0.1, -0.05) is 31.9 Å². The van der Waals surface area contributed by atoms with E-state index in [1.165, 1.54) is 6.20 Å². The molecule has 0 saturated carbocycles. The molecule has 0 amide bonds. The maximum absolute atomic E-state index is 13.0. The molecule has 18 heavy (non-hydrogen) atoms. The van der Waals surface area contributed by atoms with Gasteiger partial charge in [-0.2, -0.15) is 18.3 Å². The molecule has 0 spiro atoms. The lowest BCUT2D eigenvalue weighted by atomic mass is 10.2. The molecule has 0 aliphatic heterocycles. The Kier molecular flexibility index (Phi) is 3.82.